The average Bonchev–Trinajstić information content (AvgIpc) is 3.40. The molecule has 0 aliphatic carbocycles. The van der Waals surface area contributed by atoms with Gasteiger partial charge < -0.3 is 20.2 Å². The van der Waals surface area contributed by atoms with Crippen LogP contribution in [-0.4, -0.2) is 53.0 Å². The Labute approximate surface area is 198 Å². The van der Waals surface area contributed by atoms with Crippen LogP contribution >= 0.6 is 0 Å². The number of carbonyl (C=O) groups excluding carboxylic acids is 6. The van der Waals surface area contributed by atoms with E-state index in [0.717, 1.165) is 4.90 Å². The first-order valence-corrected chi connectivity index (χ1v) is 10.9. The molecule has 35 heavy (non-hydrogen) atoms. The Hall–Kier alpha value is -4.48. The lowest BCUT2D eigenvalue weighted by molar-refractivity contribution is -0.136. The molecule has 4 N–H and O–H groups in total. The minimum Gasteiger partial charge on any atom is -0.493 e. The van der Waals surface area contributed by atoms with Gasteiger partial charge in [0.15, 0.2) is 5.76 Å². The van der Waals surface area contributed by atoms with E-state index in [1.165, 1.54) is 24.3 Å². The van der Waals surface area contributed by atoms with Crippen molar-refractivity contribution in [3.63, 3.8) is 0 Å². The molecular formula is C23H22N4O8. The third kappa shape index (κ3) is 4.90. The quantitative estimate of drug-likeness (QED) is 0.336. The molecule has 1 atom stereocenters. The van der Waals surface area contributed by atoms with Crippen LogP contribution in [0, 0.1) is 0 Å². The highest BCUT2D eigenvalue weighted by atomic mass is 16.5. The highest BCUT2D eigenvalue weighted by molar-refractivity contribution is 6.24. The molecular weight excluding hydrogens is 460 g/mol. The second kappa shape index (κ2) is 9.79. The highest BCUT2D eigenvalue weighted by Crippen LogP contribution is 2.33. The number of nitrogens with zero attached hydrogens (tertiary/aromatic N) is 1. The number of furan rings is 1. The lowest BCUT2D eigenvalue weighted by Crippen LogP contribution is -2.54. The fourth-order valence-corrected chi connectivity index (χ4v) is 3.90. The molecule has 3 heterocycles. The van der Waals surface area contributed by atoms with E-state index in [0.29, 0.717) is 12.2 Å². The summed E-state index contributed by atoms with van der Waals surface area (Å²) in [6, 6.07) is 6.46. The third-order valence-electron chi connectivity index (χ3n) is 5.60. The minimum absolute atomic E-state index is 0.00208. The topological polar surface area (TPSA) is 178 Å². The van der Waals surface area contributed by atoms with E-state index in [9.17, 15) is 28.8 Å². The van der Waals surface area contributed by atoms with Crippen molar-refractivity contribution in [1.29, 1.82) is 0 Å². The van der Waals surface area contributed by atoms with Gasteiger partial charge in [-0.3, -0.25) is 39.0 Å². The predicted molar refractivity (Wildman–Crippen MR) is 117 cm³/mol. The van der Waals surface area contributed by atoms with Crippen LogP contribution in [0.2, 0.25) is 0 Å². The van der Waals surface area contributed by atoms with Crippen molar-refractivity contribution < 1.29 is 37.9 Å². The zero-order valence-corrected chi connectivity index (χ0v) is 18.5. The monoisotopic (exact) mass is 482 g/mol. The van der Waals surface area contributed by atoms with Crippen LogP contribution in [0.5, 0.6) is 5.75 Å². The van der Waals surface area contributed by atoms with E-state index in [-0.39, 0.29) is 61.0 Å². The molecule has 0 bridgehead atoms. The zero-order chi connectivity index (χ0) is 25.1. The lowest BCUT2D eigenvalue weighted by atomic mass is 10.0. The molecule has 1 saturated heterocycles. The van der Waals surface area contributed by atoms with E-state index >= 15 is 0 Å². The Morgan fingerprint density at radius 3 is 2.66 bits per heavy atom. The Balaban J connectivity index is 1.31. The van der Waals surface area contributed by atoms with Gasteiger partial charge in [-0.15, -0.1) is 0 Å². The van der Waals surface area contributed by atoms with Crippen LogP contribution in [-0.2, 0) is 20.9 Å². The number of hydrogen-bond acceptors (Lipinski definition) is 8. The molecule has 2 aliphatic heterocycles. The third-order valence-corrected chi connectivity index (χ3v) is 5.60. The Kier molecular flexibility index (Phi) is 6.62. The Bertz CT molecular complexity index is 1230. The lowest BCUT2D eigenvalue weighted by Gasteiger charge is -2.27. The van der Waals surface area contributed by atoms with Gasteiger partial charge in [0.1, 0.15) is 17.6 Å². The molecule has 1 aromatic heterocycles. The number of imide groups is 2. The van der Waals surface area contributed by atoms with E-state index in [1.807, 2.05) is 0 Å². The van der Waals surface area contributed by atoms with Gasteiger partial charge in [0.25, 0.3) is 17.7 Å². The standard InChI is InChI=1S/C23H22N4O8/c24-20(30)16-8-6-12(35-16)11-25-17(28)5-2-10-34-15-4-1-3-13-19(15)23(33)27(22(13)32)14-7-9-18(29)26-21(14)31/h1,3-4,6,8,14H,2,5,7,9-11H2,(H2,24,30)(H,25,28)(H,26,29,31). The van der Waals surface area contributed by atoms with Gasteiger partial charge in [-0.25, -0.2) is 0 Å². The summed E-state index contributed by atoms with van der Waals surface area (Å²) in [6.07, 6.45) is 0.525. The number of amides is 6. The van der Waals surface area contributed by atoms with Gasteiger partial charge in [-0.2, -0.15) is 0 Å². The fourth-order valence-electron chi connectivity index (χ4n) is 3.90. The van der Waals surface area contributed by atoms with Crippen LogP contribution in [0.1, 0.15) is 62.7 Å². The number of fused-ring (bicyclic) bond motifs is 1. The number of nitrogens with one attached hydrogen (secondary N) is 2. The fraction of sp³-hybridized carbons (Fsp3) is 0.304. The SMILES string of the molecule is NC(=O)c1ccc(CNC(=O)CCCOc2cccc3c2C(=O)N(C2CCC(=O)NC2=O)C3=O)o1. The second-order valence-electron chi connectivity index (χ2n) is 7.98. The molecule has 0 spiro atoms. The molecule has 1 aromatic carbocycles. The van der Waals surface area contributed by atoms with Crippen molar-refractivity contribution in [3.8, 4) is 5.75 Å². The maximum Gasteiger partial charge on any atom is 0.284 e. The highest BCUT2D eigenvalue weighted by Gasteiger charge is 2.45. The van der Waals surface area contributed by atoms with Gasteiger partial charge in [-0.1, -0.05) is 6.07 Å². The number of nitrogens with two attached hydrogens (primary N) is 1. The molecule has 12 heteroatoms. The van der Waals surface area contributed by atoms with E-state index in [2.05, 4.69) is 10.6 Å². The first-order valence-electron chi connectivity index (χ1n) is 10.9. The molecule has 6 amide bonds. The minimum atomic E-state index is -1.06. The normalized spacial score (nSPS) is 17.3. The molecule has 182 valence electrons. The van der Waals surface area contributed by atoms with Gasteiger partial charge >= 0.3 is 0 Å². The number of rotatable bonds is 9. The van der Waals surface area contributed by atoms with Crippen molar-refractivity contribution in [1.82, 2.24) is 15.5 Å². The summed E-state index contributed by atoms with van der Waals surface area (Å²) in [7, 11) is 0. The van der Waals surface area contributed by atoms with E-state index < -0.39 is 35.6 Å². The number of carbonyl (C=O) groups is 6. The first-order chi connectivity index (χ1) is 16.8. The average molecular weight is 482 g/mol. The molecule has 2 aromatic rings. The van der Waals surface area contributed by atoms with Crippen LogP contribution < -0.4 is 21.1 Å². The number of ether oxygens (including phenoxy) is 1. The largest absolute Gasteiger partial charge is 0.493 e. The summed E-state index contributed by atoms with van der Waals surface area (Å²) in [5.41, 5.74) is 5.28. The van der Waals surface area contributed by atoms with Crippen molar-refractivity contribution in [2.75, 3.05) is 6.61 Å². The number of benzene rings is 1. The maximum absolute atomic E-state index is 13.0. The summed E-state index contributed by atoms with van der Waals surface area (Å²) in [5.74, 6) is -2.85. The van der Waals surface area contributed by atoms with E-state index in [1.54, 1.807) is 6.07 Å². The summed E-state index contributed by atoms with van der Waals surface area (Å²) in [4.78, 5) is 73.4. The molecule has 12 nitrogen and oxygen atoms in total. The smallest absolute Gasteiger partial charge is 0.284 e. The maximum atomic E-state index is 13.0. The van der Waals surface area contributed by atoms with Crippen molar-refractivity contribution >= 4 is 35.4 Å². The number of primary amides is 1. The summed E-state index contributed by atoms with van der Waals surface area (Å²) >= 11 is 0. The zero-order valence-electron chi connectivity index (χ0n) is 18.5. The van der Waals surface area contributed by atoms with Gasteiger partial charge in [-0.05, 0) is 37.1 Å². The first kappa shape index (κ1) is 23.7. The van der Waals surface area contributed by atoms with Crippen molar-refractivity contribution in [2.45, 2.75) is 38.3 Å². The van der Waals surface area contributed by atoms with Crippen molar-refractivity contribution in [2.24, 2.45) is 5.73 Å². The summed E-state index contributed by atoms with van der Waals surface area (Å²) in [5, 5.41) is 4.79. The molecule has 0 saturated carbocycles. The molecule has 4 rings (SSSR count). The summed E-state index contributed by atoms with van der Waals surface area (Å²) in [6.45, 7) is 0.183. The number of piperidine rings is 1. The summed E-state index contributed by atoms with van der Waals surface area (Å²) < 4.78 is 10.9. The van der Waals surface area contributed by atoms with Crippen LogP contribution in [0.15, 0.2) is 34.7 Å². The van der Waals surface area contributed by atoms with Crippen LogP contribution in [0.25, 0.3) is 0 Å². The molecule has 1 unspecified atom stereocenters. The van der Waals surface area contributed by atoms with Crippen LogP contribution in [0.3, 0.4) is 0 Å². The Morgan fingerprint density at radius 2 is 1.94 bits per heavy atom. The van der Waals surface area contributed by atoms with E-state index in [4.69, 9.17) is 14.9 Å². The van der Waals surface area contributed by atoms with Gasteiger partial charge in [0.2, 0.25) is 17.7 Å². The Morgan fingerprint density at radius 1 is 1.14 bits per heavy atom. The van der Waals surface area contributed by atoms with Crippen LogP contribution in [0.4, 0.5) is 0 Å². The second-order valence-corrected chi connectivity index (χ2v) is 7.98. The predicted octanol–water partition coefficient (Wildman–Crippen LogP) is 0.255. The van der Waals surface area contributed by atoms with Crippen molar-refractivity contribution in [3.05, 3.63) is 53.0 Å². The van der Waals surface area contributed by atoms with Gasteiger partial charge in [0.05, 0.1) is 24.3 Å². The molecule has 1 fully saturated rings. The molecule has 2 aliphatic rings. The molecule has 0 radical (unpaired) electrons. The number of hydrogen-bond donors (Lipinski definition) is 3. The van der Waals surface area contributed by atoms with Gasteiger partial charge in [0, 0.05) is 12.8 Å².